The summed E-state index contributed by atoms with van der Waals surface area (Å²) in [4.78, 5) is 11.5. The van der Waals surface area contributed by atoms with Gasteiger partial charge in [-0.05, 0) is 17.7 Å². The highest BCUT2D eigenvalue weighted by atomic mass is 32.2. The van der Waals surface area contributed by atoms with Crippen molar-refractivity contribution in [2.45, 2.75) is 17.9 Å². The first-order chi connectivity index (χ1) is 9.99. The number of nitrogens with one attached hydrogen (secondary N) is 2. The molecule has 0 bridgehead atoms. The van der Waals surface area contributed by atoms with Gasteiger partial charge in [0.25, 0.3) is 0 Å². The molecule has 0 atom stereocenters. The zero-order chi connectivity index (χ0) is 15.7. The molecule has 0 heterocycles. The Bertz CT molecular complexity index is 543. The Hall–Kier alpha value is -1.48. The van der Waals surface area contributed by atoms with E-state index in [9.17, 15) is 13.2 Å². The van der Waals surface area contributed by atoms with Crippen molar-refractivity contribution >= 4 is 15.9 Å². The fraction of sp³-hybridized carbons (Fsp3) is 0.462. The van der Waals surface area contributed by atoms with Gasteiger partial charge in [0.2, 0.25) is 15.9 Å². The highest BCUT2D eigenvalue weighted by Gasteiger charge is 2.12. The number of carbonyl (C=O) groups is 1. The van der Waals surface area contributed by atoms with Crippen LogP contribution in [0.4, 0.5) is 0 Å². The lowest BCUT2D eigenvalue weighted by molar-refractivity contribution is -0.121. The number of amides is 1. The van der Waals surface area contributed by atoms with E-state index in [2.05, 4.69) is 10.0 Å². The van der Waals surface area contributed by atoms with Crippen LogP contribution in [0, 0.1) is 0 Å². The van der Waals surface area contributed by atoms with Crippen LogP contribution in [0.1, 0.15) is 12.0 Å². The average molecular weight is 315 g/mol. The first-order valence-electron chi connectivity index (χ1n) is 6.54. The van der Waals surface area contributed by atoms with Gasteiger partial charge in [-0.1, -0.05) is 12.1 Å². The maximum atomic E-state index is 11.9. The molecule has 1 rings (SSSR count). The van der Waals surface area contributed by atoms with E-state index in [1.807, 2.05) is 0 Å². The number of carbonyl (C=O) groups excluding carboxylic acids is 1. The molecule has 0 unspecified atom stereocenters. The minimum atomic E-state index is -3.52. The zero-order valence-corrected chi connectivity index (χ0v) is 12.8. The van der Waals surface area contributed by atoms with Gasteiger partial charge in [-0.3, -0.25) is 4.79 Å². The van der Waals surface area contributed by atoms with E-state index in [-0.39, 0.29) is 23.8 Å². The monoisotopic (exact) mass is 315 g/mol. The number of hydrogen-bond donors (Lipinski definition) is 3. The lowest BCUT2D eigenvalue weighted by Gasteiger charge is -2.08. The Morgan fingerprint density at radius 3 is 2.52 bits per heavy atom. The van der Waals surface area contributed by atoms with Crippen LogP contribution in [0.25, 0.3) is 0 Å². The maximum absolute atomic E-state index is 11.9. The lowest BCUT2D eigenvalue weighted by atomic mass is 10.2. The molecular formula is C13H21N3O4S. The second-order valence-corrected chi connectivity index (χ2v) is 6.12. The van der Waals surface area contributed by atoms with Gasteiger partial charge < -0.3 is 15.8 Å². The number of benzene rings is 1. The van der Waals surface area contributed by atoms with Crippen molar-refractivity contribution in [3.8, 4) is 0 Å². The molecule has 0 aliphatic heterocycles. The lowest BCUT2D eigenvalue weighted by Crippen LogP contribution is -2.27. The molecule has 0 aromatic heterocycles. The summed E-state index contributed by atoms with van der Waals surface area (Å²) in [5.41, 5.74) is 6.09. The number of rotatable bonds is 9. The molecule has 0 fully saturated rings. The van der Waals surface area contributed by atoms with Crippen LogP contribution in [-0.2, 0) is 26.1 Å². The predicted molar refractivity (Wildman–Crippen MR) is 79.0 cm³/mol. The third-order valence-electron chi connectivity index (χ3n) is 2.69. The summed E-state index contributed by atoms with van der Waals surface area (Å²) in [6, 6.07) is 6.32. The van der Waals surface area contributed by atoms with Crippen LogP contribution in [0.2, 0.25) is 0 Å². The van der Waals surface area contributed by atoms with E-state index in [0.717, 1.165) is 5.56 Å². The van der Waals surface area contributed by atoms with Gasteiger partial charge in [0, 0.05) is 33.2 Å². The normalized spacial score (nSPS) is 11.3. The third-order valence-corrected chi connectivity index (χ3v) is 4.17. The first-order valence-corrected chi connectivity index (χ1v) is 8.02. The molecule has 1 amide bonds. The quantitative estimate of drug-likeness (QED) is 0.536. The molecule has 4 N–H and O–H groups in total. The van der Waals surface area contributed by atoms with Crippen LogP contribution < -0.4 is 15.8 Å². The highest BCUT2D eigenvalue weighted by molar-refractivity contribution is 7.89. The summed E-state index contributed by atoms with van der Waals surface area (Å²) in [5, 5.41) is 2.70. The number of nitrogens with two attached hydrogens (primary N) is 1. The Balaban J connectivity index is 2.59. The van der Waals surface area contributed by atoms with Crippen molar-refractivity contribution in [3.63, 3.8) is 0 Å². The number of ether oxygens (including phenoxy) is 1. The fourth-order valence-corrected chi connectivity index (χ4v) is 2.58. The molecule has 0 aliphatic rings. The van der Waals surface area contributed by atoms with Crippen molar-refractivity contribution in [1.82, 2.24) is 10.0 Å². The smallest absolute Gasteiger partial charge is 0.240 e. The number of sulfonamides is 1. The van der Waals surface area contributed by atoms with Crippen LogP contribution in [0.5, 0.6) is 0 Å². The summed E-state index contributed by atoms with van der Waals surface area (Å²) in [6.07, 6.45) is 0.274. The van der Waals surface area contributed by atoms with Crippen LogP contribution in [0.3, 0.4) is 0 Å². The second kappa shape index (κ2) is 8.73. The van der Waals surface area contributed by atoms with Gasteiger partial charge in [-0.2, -0.15) is 0 Å². The predicted octanol–water partition coefficient (Wildman–Crippen LogP) is -0.424. The summed E-state index contributed by atoms with van der Waals surface area (Å²) >= 11 is 0. The van der Waals surface area contributed by atoms with Crippen LogP contribution in [-0.4, -0.2) is 41.1 Å². The topological polar surface area (TPSA) is 111 Å². The van der Waals surface area contributed by atoms with Crippen molar-refractivity contribution in [3.05, 3.63) is 29.8 Å². The Kier molecular flexibility index (Phi) is 7.30. The molecule has 0 saturated carbocycles. The third kappa shape index (κ3) is 6.21. The van der Waals surface area contributed by atoms with Gasteiger partial charge in [-0.25, -0.2) is 13.1 Å². The van der Waals surface area contributed by atoms with Crippen molar-refractivity contribution in [1.29, 1.82) is 0 Å². The van der Waals surface area contributed by atoms with Gasteiger partial charge in [0.15, 0.2) is 0 Å². The molecule has 0 radical (unpaired) electrons. The summed E-state index contributed by atoms with van der Waals surface area (Å²) in [7, 11) is -2.02. The number of methoxy groups -OCH3 is 1. The van der Waals surface area contributed by atoms with Crippen molar-refractivity contribution in [2.24, 2.45) is 5.73 Å². The molecule has 1 aromatic rings. The molecule has 21 heavy (non-hydrogen) atoms. The highest BCUT2D eigenvalue weighted by Crippen LogP contribution is 2.10. The molecule has 0 aliphatic carbocycles. The SMILES string of the molecule is COCCNS(=O)(=O)c1ccc(CNC(=O)CCN)cc1. The number of hydrogen-bond acceptors (Lipinski definition) is 5. The van der Waals surface area contributed by atoms with E-state index in [4.69, 9.17) is 10.5 Å². The standard InChI is InChI=1S/C13H21N3O4S/c1-20-9-8-16-21(18,19)12-4-2-11(3-5-12)10-15-13(17)6-7-14/h2-5,16H,6-10,14H2,1H3,(H,15,17). The Morgan fingerprint density at radius 2 is 1.95 bits per heavy atom. The minimum absolute atomic E-state index is 0.129. The average Bonchev–Trinajstić information content (AvgIpc) is 2.46. The van der Waals surface area contributed by atoms with Crippen LogP contribution in [0.15, 0.2) is 29.2 Å². The van der Waals surface area contributed by atoms with Gasteiger partial charge in [0.1, 0.15) is 0 Å². The van der Waals surface area contributed by atoms with E-state index in [1.165, 1.54) is 19.2 Å². The first kappa shape index (κ1) is 17.6. The molecule has 0 spiro atoms. The molecule has 118 valence electrons. The molecular weight excluding hydrogens is 294 g/mol. The summed E-state index contributed by atoms with van der Waals surface area (Å²) in [6.45, 7) is 1.17. The Morgan fingerprint density at radius 1 is 1.29 bits per heavy atom. The Labute approximate surface area is 124 Å². The van der Waals surface area contributed by atoms with E-state index in [0.29, 0.717) is 19.7 Å². The van der Waals surface area contributed by atoms with Crippen molar-refractivity contribution < 1.29 is 17.9 Å². The van der Waals surface area contributed by atoms with E-state index < -0.39 is 10.0 Å². The summed E-state index contributed by atoms with van der Waals surface area (Å²) < 4.78 is 31.1. The molecule has 7 nitrogen and oxygen atoms in total. The molecule has 8 heteroatoms. The fourth-order valence-electron chi connectivity index (χ4n) is 1.57. The van der Waals surface area contributed by atoms with Gasteiger partial charge in [0.05, 0.1) is 11.5 Å². The maximum Gasteiger partial charge on any atom is 0.240 e. The molecule has 0 saturated heterocycles. The van der Waals surface area contributed by atoms with E-state index >= 15 is 0 Å². The largest absolute Gasteiger partial charge is 0.383 e. The van der Waals surface area contributed by atoms with Gasteiger partial charge >= 0.3 is 0 Å². The summed E-state index contributed by atoms with van der Waals surface area (Å²) in [5.74, 6) is -0.129. The van der Waals surface area contributed by atoms with Crippen molar-refractivity contribution in [2.75, 3.05) is 26.8 Å². The second-order valence-electron chi connectivity index (χ2n) is 4.35. The van der Waals surface area contributed by atoms with Gasteiger partial charge in [-0.15, -0.1) is 0 Å². The minimum Gasteiger partial charge on any atom is -0.383 e. The molecule has 1 aromatic carbocycles. The van der Waals surface area contributed by atoms with Crippen LogP contribution >= 0.6 is 0 Å². The van der Waals surface area contributed by atoms with E-state index in [1.54, 1.807) is 12.1 Å². The zero-order valence-electron chi connectivity index (χ0n) is 12.0.